The molecular weight excluding hydrogens is 236 g/mol. The van der Waals surface area contributed by atoms with Crippen LogP contribution in [0, 0.1) is 17.0 Å². The molecule has 18 heavy (non-hydrogen) atoms. The first kappa shape index (κ1) is 12.1. The molecule has 96 valence electrons. The zero-order valence-electron chi connectivity index (χ0n) is 10.2. The molecule has 0 atom stereocenters. The van der Waals surface area contributed by atoms with E-state index in [1.165, 1.54) is 4.68 Å². The minimum atomic E-state index is -0.419. The smallest absolute Gasteiger partial charge is 0.333 e. The number of nitro groups is 1. The van der Waals surface area contributed by atoms with E-state index in [1.54, 1.807) is 26.4 Å². The van der Waals surface area contributed by atoms with Gasteiger partial charge in [-0.3, -0.25) is 10.1 Å². The highest BCUT2D eigenvalue weighted by Crippen LogP contribution is 2.26. The van der Waals surface area contributed by atoms with Crippen molar-refractivity contribution in [2.75, 3.05) is 11.9 Å². The van der Waals surface area contributed by atoms with E-state index in [2.05, 4.69) is 20.4 Å². The van der Waals surface area contributed by atoms with Crippen molar-refractivity contribution in [1.82, 2.24) is 19.7 Å². The molecule has 0 saturated carbocycles. The lowest BCUT2D eigenvalue weighted by atomic mass is 10.3. The summed E-state index contributed by atoms with van der Waals surface area (Å²) in [5.41, 5.74) is 0.431. The number of hydrogen-bond donors (Lipinski definition) is 2. The number of H-pyrrole nitrogens is 1. The van der Waals surface area contributed by atoms with Crippen LogP contribution >= 0.6 is 0 Å². The molecule has 0 aromatic carbocycles. The van der Waals surface area contributed by atoms with Gasteiger partial charge in [-0.25, -0.2) is 9.67 Å². The molecule has 2 aromatic rings. The van der Waals surface area contributed by atoms with E-state index in [-0.39, 0.29) is 5.69 Å². The number of rotatable bonds is 5. The second-order valence-electron chi connectivity index (χ2n) is 3.88. The van der Waals surface area contributed by atoms with Crippen LogP contribution in [0.2, 0.25) is 0 Å². The Morgan fingerprint density at radius 3 is 3.00 bits per heavy atom. The summed E-state index contributed by atoms with van der Waals surface area (Å²) in [5, 5.41) is 18.0. The van der Waals surface area contributed by atoms with Crippen molar-refractivity contribution < 1.29 is 4.92 Å². The first-order valence-corrected chi connectivity index (χ1v) is 5.49. The Morgan fingerprint density at radius 1 is 1.61 bits per heavy atom. The van der Waals surface area contributed by atoms with Crippen LogP contribution in [-0.2, 0) is 13.5 Å². The quantitative estimate of drug-likeness (QED) is 0.609. The van der Waals surface area contributed by atoms with Gasteiger partial charge in [-0.2, -0.15) is 5.10 Å². The fourth-order valence-corrected chi connectivity index (χ4v) is 1.80. The molecule has 0 unspecified atom stereocenters. The Balaban J connectivity index is 2.07. The molecule has 0 fully saturated rings. The van der Waals surface area contributed by atoms with Crippen molar-refractivity contribution in [3.63, 3.8) is 0 Å². The summed E-state index contributed by atoms with van der Waals surface area (Å²) in [6.07, 6.45) is 4.08. The van der Waals surface area contributed by atoms with Gasteiger partial charge in [0, 0.05) is 32.4 Å². The average Bonchev–Trinajstić information content (AvgIpc) is 2.87. The number of aromatic amines is 1. The molecule has 2 heterocycles. The SMILES string of the molecule is Cc1nn(C)c(NCCc2ncc[nH]2)c1[N+](=O)[O-]. The zero-order valence-corrected chi connectivity index (χ0v) is 10.2. The molecule has 0 amide bonds. The van der Waals surface area contributed by atoms with Gasteiger partial charge in [-0.1, -0.05) is 0 Å². The molecule has 0 aliphatic rings. The first-order chi connectivity index (χ1) is 8.59. The Kier molecular flexibility index (Phi) is 3.26. The monoisotopic (exact) mass is 250 g/mol. The Morgan fingerprint density at radius 2 is 2.39 bits per heavy atom. The maximum absolute atomic E-state index is 10.9. The predicted octanol–water partition coefficient (Wildman–Crippen LogP) is 1.01. The van der Waals surface area contributed by atoms with Crippen LogP contribution < -0.4 is 5.32 Å². The van der Waals surface area contributed by atoms with Crippen molar-refractivity contribution >= 4 is 11.5 Å². The maximum Gasteiger partial charge on any atom is 0.333 e. The molecule has 8 nitrogen and oxygen atoms in total. The molecule has 0 bridgehead atoms. The van der Waals surface area contributed by atoms with Crippen LogP contribution in [0.4, 0.5) is 11.5 Å². The number of nitrogens with one attached hydrogen (secondary N) is 2. The highest BCUT2D eigenvalue weighted by Gasteiger charge is 2.23. The molecular formula is C10H14N6O2. The van der Waals surface area contributed by atoms with Crippen LogP contribution in [0.5, 0.6) is 0 Å². The second kappa shape index (κ2) is 4.86. The summed E-state index contributed by atoms with van der Waals surface area (Å²) in [7, 11) is 1.68. The first-order valence-electron chi connectivity index (χ1n) is 5.49. The van der Waals surface area contributed by atoms with Gasteiger partial charge in [0.2, 0.25) is 5.82 Å². The lowest BCUT2D eigenvalue weighted by Crippen LogP contribution is -2.10. The van der Waals surface area contributed by atoms with E-state index < -0.39 is 4.92 Å². The number of aryl methyl sites for hydroxylation is 2. The summed E-state index contributed by atoms with van der Waals surface area (Å²) in [4.78, 5) is 17.6. The van der Waals surface area contributed by atoms with Crippen molar-refractivity contribution in [3.05, 3.63) is 34.0 Å². The van der Waals surface area contributed by atoms with E-state index in [0.29, 0.717) is 24.5 Å². The Hall–Kier alpha value is -2.38. The Labute approximate surface area is 103 Å². The van der Waals surface area contributed by atoms with Crippen LogP contribution in [0.3, 0.4) is 0 Å². The fraction of sp³-hybridized carbons (Fsp3) is 0.400. The van der Waals surface area contributed by atoms with E-state index in [9.17, 15) is 10.1 Å². The van der Waals surface area contributed by atoms with E-state index in [0.717, 1.165) is 5.82 Å². The third-order valence-corrected chi connectivity index (χ3v) is 2.58. The van der Waals surface area contributed by atoms with Crippen LogP contribution in [0.15, 0.2) is 12.4 Å². The van der Waals surface area contributed by atoms with E-state index in [1.807, 2.05) is 0 Å². The lowest BCUT2D eigenvalue weighted by Gasteiger charge is -2.04. The molecule has 0 aliphatic carbocycles. The largest absolute Gasteiger partial charge is 0.364 e. The highest BCUT2D eigenvalue weighted by atomic mass is 16.6. The van der Waals surface area contributed by atoms with E-state index in [4.69, 9.17) is 0 Å². The van der Waals surface area contributed by atoms with Crippen LogP contribution in [0.25, 0.3) is 0 Å². The lowest BCUT2D eigenvalue weighted by molar-refractivity contribution is -0.384. The summed E-state index contributed by atoms with van der Waals surface area (Å²) < 4.78 is 1.48. The van der Waals surface area contributed by atoms with Crippen LogP contribution in [-0.4, -0.2) is 31.2 Å². The summed E-state index contributed by atoms with van der Waals surface area (Å²) >= 11 is 0. The van der Waals surface area contributed by atoms with Crippen molar-refractivity contribution in [2.45, 2.75) is 13.3 Å². The average molecular weight is 250 g/mol. The van der Waals surface area contributed by atoms with Gasteiger partial charge in [0.05, 0.1) is 4.92 Å². The van der Waals surface area contributed by atoms with Crippen molar-refractivity contribution in [1.29, 1.82) is 0 Å². The zero-order chi connectivity index (χ0) is 13.1. The number of nitrogens with zero attached hydrogens (tertiary/aromatic N) is 4. The third-order valence-electron chi connectivity index (χ3n) is 2.58. The molecule has 8 heteroatoms. The van der Waals surface area contributed by atoms with Gasteiger partial charge in [0.15, 0.2) is 0 Å². The fourth-order valence-electron chi connectivity index (χ4n) is 1.80. The topological polar surface area (TPSA) is 102 Å². The molecule has 0 spiro atoms. The molecule has 2 aromatic heterocycles. The molecule has 2 N–H and O–H groups in total. The van der Waals surface area contributed by atoms with E-state index >= 15 is 0 Å². The Bertz CT molecular complexity index is 545. The van der Waals surface area contributed by atoms with Gasteiger partial charge < -0.3 is 10.3 Å². The second-order valence-corrected chi connectivity index (χ2v) is 3.88. The minimum absolute atomic E-state index is 0.0249. The number of anilines is 1. The maximum atomic E-state index is 10.9. The summed E-state index contributed by atoms with van der Waals surface area (Å²) in [6.45, 7) is 2.17. The summed E-state index contributed by atoms with van der Waals surface area (Å²) in [6, 6.07) is 0. The van der Waals surface area contributed by atoms with Crippen molar-refractivity contribution in [2.24, 2.45) is 7.05 Å². The number of imidazole rings is 1. The summed E-state index contributed by atoms with van der Waals surface area (Å²) in [5.74, 6) is 1.26. The standard InChI is InChI=1S/C10H14N6O2/c1-7-9(16(17)18)10(15(2)14-7)13-4-3-8-11-5-6-12-8/h5-6,13H,3-4H2,1-2H3,(H,11,12). The minimum Gasteiger partial charge on any atom is -0.364 e. The van der Waals surface area contributed by atoms with Crippen LogP contribution in [0.1, 0.15) is 11.5 Å². The number of hydrogen-bond acceptors (Lipinski definition) is 5. The molecule has 0 saturated heterocycles. The van der Waals surface area contributed by atoms with Gasteiger partial charge in [0.25, 0.3) is 0 Å². The third kappa shape index (κ3) is 2.31. The number of aromatic nitrogens is 4. The van der Waals surface area contributed by atoms with Gasteiger partial charge in [0.1, 0.15) is 11.5 Å². The molecule has 0 radical (unpaired) electrons. The highest BCUT2D eigenvalue weighted by molar-refractivity contribution is 5.59. The normalized spacial score (nSPS) is 10.6. The van der Waals surface area contributed by atoms with Gasteiger partial charge >= 0.3 is 5.69 Å². The molecule has 0 aliphatic heterocycles. The van der Waals surface area contributed by atoms with Gasteiger partial charge in [-0.05, 0) is 6.92 Å². The predicted molar refractivity (Wildman–Crippen MR) is 65.4 cm³/mol. The van der Waals surface area contributed by atoms with Crippen molar-refractivity contribution in [3.8, 4) is 0 Å². The molecule has 2 rings (SSSR count). The van der Waals surface area contributed by atoms with Gasteiger partial charge in [-0.15, -0.1) is 0 Å².